The summed E-state index contributed by atoms with van der Waals surface area (Å²) < 4.78 is 27.5. The molecule has 1 aromatic carbocycles. The van der Waals surface area contributed by atoms with Crippen LogP contribution in [0.2, 0.25) is 0 Å². The molecule has 0 aliphatic rings. The lowest BCUT2D eigenvalue weighted by molar-refractivity contribution is -0.111. The zero-order valence-corrected chi connectivity index (χ0v) is 10.7. The molecule has 0 bridgehead atoms. The summed E-state index contributed by atoms with van der Waals surface area (Å²) in [6.07, 6.45) is 0. The van der Waals surface area contributed by atoms with Crippen LogP contribution in [0.15, 0.2) is 23.1 Å². The van der Waals surface area contributed by atoms with Crippen molar-refractivity contribution in [2.45, 2.75) is 11.8 Å². The molecule has 0 unspecified atom stereocenters. The number of nitrogens with two attached hydrogens (primary N) is 1. The normalized spacial score (nSPS) is 10.2. The van der Waals surface area contributed by atoms with Crippen LogP contribution in [-0.4, -0.2) is 21.4 Å². The Kier molecular flexibility index (Phi) is 4.31. The first-order valence-corrected chi connectivity index (χ1v) is 6.37. The summed E-state index contributed by atoms with van der Waals surface area (Å²) in [7, 11) is -2.60. The summed E-state index contributed by atoms with van der Waals surface area (Å²) in [6, 6.07) is 4.10. The number of primary sulfonamides is 1. The molecule has 0 saturated heterocycles. The van der Waals surface area contributed by atoms with Crippen molar-refractivity contribution in [3.63, 3.8) is 0 Å². The fourth-order valence-corrected chi connectivity index (χ4v) is 1.98. The van der Waals surface area contributed by atoms with Gasteiger partial charge in [-0.05, 0) is 31.0 Å². The number of ether oxygens (including phenoxy) is 1. The molecule has 0 aromatic heterocycles. The van der Waals surface area contributed by atoms with E-state index in [1.54, 1.807) is 0 Å². The molecular formula is C11H12N2O4S. The first-order valence-electron chi connectivity index (χ1n) is 4.83. The Morgan fingerprint density at radius 2 is 2.11 bits per heavy atom. The Morgan fingerprint density at radius 1 is 1.44 bits per heavy atom. The molecule has 0 aliphatic heterocycles. The van der Waals surface area contributed by atoms with E-state index in [1.165, 1.54) is 32.2 Å². The molecule has 0 spiro atoms. The summed E-state index contributed by atoms with van der Waals surface area (Å²) in [4.78, 5) is 11.0. The van der Waals surface area contributed by atoms with E-state index in [0.717, 1.165) is 0 Å². The van der Waals surface area contributed by atoms with Gasteiger partial charge in [0.05, 0.1) is 7.11 Å². The largest absolute Gasteiger partial charge is 0.495 e. The van der Waals surface area contributed by atoms with Gasteiger partial charge in [0.1, 0.15) is 10.6 Å². The predicted octanol–water partition coefficient (Wildman–Crippen LogP) is 0.304. The van der Waals surface area contributed by atoms with E-state index in [2.05, 4.69) is 17.2 Å². The van der Waals surface area contributed by atoms with E-state index in [0.29, 0.717) is 0 Å². The van der Waals surface area contributed by atoms with Crippen LogP contribution in [-0.2, 0) is 14.8 Å². The Hall–Kier alpha value is -2.04. The minimum atomic E-state index is -3.93. The molecule has 0 heterocycles. The molecular weight excluding hydrogens is 256 g/mol. The number of anilines is 1. The highest BCUT2D eigenvalue weighted by atomic mass is 32.2. The highest BCUT2D eigenvalue weighted by Gasteiger charge is 2.15. The lowest BCUT2D eigenvalue weighted by Gasteiger charge is -2.08. The molecule has 0 saturated carbocycles. The van der Waals surface area contributed by atoms with Crippen molar-refractivity contribution in [1.29, 1.82) is 0 Å². The van der Waals surface area contributed by atoms with E-state index in [4.69, 9.17) is 9.88 Å². The minimum absolute atomic E-state index is 0.108. The van der Waals surface area contributed by atoms with Gasteiger partial charge >= 0.3 is 0 Å². The van der Waals surface area contributed by atoms with Crippen molar-refractivity contribution >= 4 is 21.6 Å². The van der Waals surface area contributed by atoms with Crippen LogP contribution in [0.4, 0.5) is 5.69 Å². The molecule has 1 rings (SSSR count). The lowest BCUT2D eigenvalue weighted by Crippen LogP contribution is -2.15. The number of benzene rings is 1. The second kappa shape index (κ2) is 5.53. The van der Waals surface area contributed by atoms with E-state index >= 15 is 0 Å². The highest BCUT2D eigenvalue weighted by molar-refractivity contribution is 7.89. The van der Waals surface area contributed by atoms with Gasteiger partial charge in [-0.2, -0.15) is 0 Å². The molecule has 0 fully saturated rings. The first-order chi connectivity index (χ1) is 8.38. The molecule has 1 aromatic rings. The van der Waals surface area contributed by atoms with Crippen LogP contribution in [0.25, 0.3) is 0 Å². The van der Waals surface area contributed by atoms with Crippen LogP contribution in [0, 0.1) is 11.8 Å². The standard InChI is InChI=1S/C11H12N2O4S/c1-3-4-11(14)13-8-5-6-9(17-2)10(7-8)18(12,15)16/h5-7H,1-2H3,(H,13,14)(H2,12,15,16). The Bertz CT molecular complexity index is 626. The van der Waals surface area contributed by atoms with E-state index < -0.39 is 15.9 Å². The maximum Gasteiger partial charge on any atom is 0.300 e. The molecule has 0 aliphatic carbocycles. The van der Waals surface area contributed by atoms with Gasteiger partial charge in [-0.1, -0.05) is 5.92 Å². The number of rotatable bonds is 3. The average Bonchev–Trinajstić information content (AvgIpc) is 2.28. The lowest BCUT2D eigenvalue weighted by atomic mass is 10.3. The van der Waals surface area contributed by atoms with Gasteiger partial charge in [0.25, 0.3) is 5.91 Å². The van der Waals surface area contributed by atoms with Crippen LogP contribution >= 0.6 is 0 Å². The topological polar surface area (TPSA) is 98.5 Å². The van der Waals surface area contributed by atoms with Gasteiger partial charge in [-0.3, -0.25) is 4.79 Å². The molecule has 1 amide bonds. The van der Waals surface area contributed by atoms with Gasteiger partial charge in [0, 0.05) is 5.69 Å². The Labute approximate surface area is 105 Å². The number of carbonyl (C=O) groups is 1. The molecule has 0 radical (unpaired) electrons. The van der Waals surface area contributed by atoms with Crippen LogP contribution in [0.1, 0.15) is 6.92 Å². The van der Waals surface area contributed by atoms with Crippen molar-refractivity contribution in [1.82, 2.24) is 0 Å². The highest BCUT2D eigenvalue weighted by Crippen LogP contribution is 2.25. The van der Waals surface area contributed by atoms with Crippen molar-refractivity contribution < 1.29 is 17.9 Å². The predicted molar refractivity (Wildman–Crippen MR) is 66.4 cm³/mol. The minimum Gasteiger partial charge on any atom is -0.495 e. The first kappa shape index (κ1) is 14.0. The molecule has 18 heavy (non-hydrogen) atoms. The fourth-order valence-electron chi connectivity index (χ4n) is 1.25. The number of methoxy groups -OCH3 is 1. The molecule has 3 N–H and O–H groups in total. The SMILES string of the molecule is CC#CC(=O)Nc1ccc(OC)c(S(N)(=O)=O)c1. The number of sulfonamides is 1. The summed E-state index contributed by atoms with van der Waals surface area (Å²) in [6.45, 7) is 1.52. The Morgan fingerprint density at radius 3 is 2.61 bits per heavy atom. The molecule has 7 heteroatoms. The number of amides is 1. The van der Waals surface area contributed by atoms with Crippen molar-refractivity contribution in [2.24, 2.45) is 5.14 Å². The van der Waals surface area contributed by atoms with Crippen LogP contribution in [0.5, 0.6) is 5.75 Å². The van der Waals surface area contributed by atoms with Crippen molar-refractivity contribution in [2.75, 3.05) is 12.4 Å². The second-order valence-corrected chi connectivity index (χ2v) is 4.77. The van der Waals surface area contributed by atoms with Gasteiger partial charge in [-0.15, -0.1) is 0 Å². The number of carbonyl (C=O) groups excluding carboxylic acids is 1. The summed E-state index contributed by atoms with van der Waals surface area (Å²) >= 11 is 0. The van der Waals surface area contributed by atoms with E-state index in [1.807, 2.05) is 0 Å². The molecule has 0 atom stereocenters. The Balaban J connectivity index is 3.18. The van der Waals surface area contributed by atoms with Crippen LogP contribution in [0.3, 0.4) is 0 Å². The third kappa shape index (κ3) is 3.48. The van der Waals surface area contributed by atoms with Gasteiger partial charge < -0.3 is 10.1 Å². The summed E-state index contributed by atoms with van der Waals surface area (Å²) in [5, 5.41) is 7.46. The number of nitrogens with one attached hydrogen (secondary N) is 1. The zero-order chi connectivity index (χ0) is 13.8. The smallest absolute Gasteiger partial charge is 0.300 e. The second-order valence-electron chi connectivity index (χ2n) is 3.24. The third-order valence-corrected chi connectivity index (χ3v) is 2.90. The average molecular weight is 268 g/mol. The van der Waals surface area contributed by atoms with Crippen molar-refractivity contribution in [3.05, 3.63) is 18.2 Å². The monoisotopic (exact) mass is 268 g/mol. The summed E-state index contributed by atoms with van der Waals surface area (Å²) in [5.41, 5.74) is 0.271. The molecule has 6 nitrogen and oxygen atoms in total. The number of hydrogen-bond donors (Lipinski definition) is 2. The quantitative estimate of drug-likeness (QED) is 0.770. The van der Waals surface area contributed by atoms with Gasteiger partial charge in [-0.25, -0.2) is 13.6 Å². The van der Waals surface area contributed by atoms with E-state index in [-0.39, 0.29) is 16.3 Å². The fraction of sp³-hybridized carbons (Fsp3) is 0.182. The number of hydrogen-bond acceptors (Lipinski definition) is 4. The van der Waals surface area contributed by atoms with Gasteiger partial charge in [0.2, 0.25) is 10.0 Å². The maximum atomic E-state index is 11.3. The van der Waals surface area contributed by atoms with Crippen molar-refractivity contribution in [3.8, 4) is 17.6 Å². The van der Waals surface area contributed by atoms with Gasteiger partial charge in [0.15, 0.2) is 0 Å². The summed E-state index contributed by atoms with van der Waals surface area (Å²) in [5.74, 6) is 4.26. The van der Waals surface area contributed by atoms with Crippen LogP contribution < -0.4 is 15.2 Å². The third-order valence-electron chi connectivity index (χ3n) is 1.97. The zero-order valence-electron chi connectivity index (χ0n) is 9.85. The maximum absolute atomic E-state index is 11.3. The van der Waals surface area contributed by atoms with E-state index in [9.17, 15) is 13.2 Å². The molecule has 96 valence electrons.